The molecule has 0 atom stereocenters. The highest BCUT2D eigenvalue weighted by Gasteiger charge is 2.52. The number of nitrogens with one attached hydrogen (secondary N) is 2. The lowest BCUT2D eigenvalue weighted by Crippen LogP contribution is -2.44. The minimum absolute atomic E-state index is 0.00323. The van der Waals surface area contributed by atoms with Crippen LogP contribution in [-0.2, 0) is 14.4 Å². The fourth-order valence-electron chi connectivity index (χ4n) is 3.45. The van der Waals surface area contributed by atoms with E-state index in [1.54, 1.807) is 7.05 Å². The van der Waals surface area contributed by atoms with Crippen LogP contribution < -0.4 is 10.6 Å². The molecule has 5 amide bonds. The van der Waals surface area contributed by atoms with Gasteiger partial charge in [-0.1, -0.05) is 12.8 Å². The standard InChI is InChI=1S/C17H28N4O4/c1-12(2)18-13(22)11-20(3)14(23)7-6-10-21-15(24)17(19-16(21)25)8-4-5-9-17/h12H,4-11H2,1-3H3,(H,18,22)(H,19,25). The number of hydrogen-bond donors (Lipinski definition) is 2. The van der Waals surface area contributed by atoms with Crippen LogP contribution in [0.5, 0.6) is 0 Å². The van der Waals surface area contributed by atoms with Crippen LogP contribution in [0.1, 0.15) is 52.4 Å². The molecular weight excluding hydrogens is 324 g/mol. The molecule has 0 aromatic heterocycles. The maximum Gasteiger partial charge on any atom is 0.325 e. The summed E-state index contributed by atoms with van der Waals surface area (Å²) in [5.74, 6) is -0.545. The molecule has 0 bridgehead atoms. The molecule has 1 saturated heterocycles. The van der Waals surface area contributed by atoms with Crippen molar-refractivity contribution in [3.05, 3.63) is 0 Å². The van der Waals surface area contributed by atoms with Gasteiger partial charge in [-0.2, -0.15) is 0 Å². The summed E-state index contributed by atoms with van der Waals surface area (Å²) in [5.41, 5.74) is -0.702. The van der Waals surface area contributed by atoms with Crippen LogP contribution in [-0.4, -0.2) is 65.3 Å². The van der Waals surface area contributed by atoms with Gasteiger partial charge in [-0.3, -0.25) is 19.3 Å². The van der Waals surface area contributed by atoms with E-state index >= 15 is 0 Å². The smallest absolute Gasteiger partial charge is 0.325 e. The molecule has 1 aliphatic heterocycles. The summed E-state index contributed by atoms with van der Waals surface area (Å²) < 4.78 is 0. The highest BCUT2D eigenvalue weighted by Crippen LogP contribution is 2.35. The number of urea groups is 1. The van der Waals surface area contributed by atoms with E-state index in [9.17, 15) is 19.2 Å². The first-order valence-corrected chi connectivity index (χ1v) is 8.92. The van der Waals surface area contributed by atoms with E-state index in [0.717, 1.165) is 12.8 Å². The van der Waals surface area contributed by atoms with E-state index in [4.69, 9.17) is 0 Å². The predicted molar refractivity (Wildman–Crippen MR) is 91.6 cm³/mol. The average molecular weight is 352 g/mol. The lowest BCUT2D eigenvalue weighted by molar-refractivity contribution is -0.135. The molecule has 0 aromatic rings. The van der Waals surface area contributed by atoms with Gasteiger partial charge in [0.2, 0.25) is 11.8 Å². The van der Waals surface area contributed by atoms with Gasteiger partial charge in [0.15, 0.2) is 0 Å². The van der Waals surface area contributed by atoms with Gasteiger partial charge in [0.05, 0.1) is 6.54 Å². The molecule has 1 spiro atoms. The normalized spacial score (nSPS) is 18.8. The minimum Gasteiger partial charge on any atom is -0.352 e. The largest absolute Gasteiger partial charge is 0.352 e. The Bertz CT molecular complexity index is 555. The second-order valence-corrected chi connectivity index (χ2v) is 7.25. The zero-order valence-electron chi connectivity index (χ0n) is 15.3. The van der Waals surface area contributed by atoms with Gasteiger partial charge >= 0.3 is 6.03 Å². The fraction of sp³-hybridized carbons (Fsp3) is 0.765. The third-order valence-corrected chi connectivity index (χ3v) is 4.73. The molecule has 25 heavy (non-hydrogen) atoms. The maximum absolute atomic E-state index is 12.5. The van der Waals surface area contributed by atoms with Crippen molar-refractivity contribution in [2.75, 3.05) is 20.1 Å². The molecule has 1 aliphatic carbocycles. The first-order chi connectivity index (χ1) is 11.7. The molecule has 2 fully saturated rings. The van der Waals surface area contributed by atoms with Crippen LogP contribution in [0.4, 0.5) is 4.79 Å². The molecule has 8 nitrogen and oxygen atoms in total. The van der Waals surface area contributed by atoms with Crippen LogP contribution >= 0.6 is 0 Å². The Hall–Kier alpha value is -2.12. The average Bonchev–Trinajstić information content (AvgIpc) is 3.07. The van der Waals surface area contributed by atoms with E-state index in [2.05, 4.69) is 10.6 Å². The van der Waals surface area contributed by atoms with Gasteiger partial charge < -0.3 is 15.5 Å². The van der Waals surface area contributed by atoms with Gasteiger partial charge in [0, 0.05) is 26.1 Å². The number of amides is 5. The van der Waals surface area contributed by atoms with Crippen molar-refractivity contribution in [2.45, 2.75) is 64.0 Å². The van der Waals surface area contributed by atoms with E-state index in [0.29, 0.717) is 19.3 Å². The topological polar surface area (TPSA) is 98.8 Å². The molecule has 0 unspecified atom stereocenters. The van der Waals surface area contributed by atoms with Crippen molar-refractivity contribution in [2.24, 2.45) is 0 Å². The van der Waals surface area contributed by atoms with Crippen LogP contribution in [0.2, 0.25) is 0 Å². The molecule has 8 heteroatoms. The number of hydrogen-bond acceptors (Lipinski definition) is 4. The molecule has 1 heterocycles. The number of imide groups is 1. The SMILES string of the molecule is CC(C)NC(=O)CN(C)C(=O)CCCN1C(=O)NC2(CCCC2)C1=O. The summed E-state index contributed by atoms with van der Waals surface area (Å²) >= 11 is 0. The Labute approximate surface area is 148 Å². The van der Waals surface area contributed by atoms with Crippen molar-refractivity contribution in [3.8, 4) is 0 Å². The molecule has 2 rings (SSSR count). The van der Waals surface area contributed by atoms with Crippen LogP contribution in [0.3, 0.4) is 0 Å². The Kier molecular flexibility index (Phi) is 6.02. The summed E-state index contributed by atoms with van der Waals surface area (Å²) in [6.45, 7) is 3.94. The van der Waals surface area contributed by atoms with Crippen molar-refractivity contribution >= 4 is 23.8 Å². The molecule has 0 radical (unpaired) electrons. The monoisotopic (exact) mass is 352 g/mol. The summed E-state index contributed by atoms with van der Waals surface area (Å²) in [4.78, 5) is 50.9. The van der Waals surface area contributed by atoms with Crippen molar-refractivity contribution in [3.63, 3.8) is 0 Å². The second kappa shape index (κ2) is 7.84. The number of likely N-dealkylation sites (N-methyl/N-ethyl adjacent to an activating group) is 1. The number of carbonyl (C=O) groups is 4. The zero-order valence-corrected chi connectivity index (χ0v) is 15.3. The van der Waals surface area contributed by atoms with Gasteiger partial charge in [0.25, 0.3) is 5.91 Å². The van der Waals surface area contributed by atoms with E-state index in [1.165, 1.54) is 9.80 Å². The molecule has 0 aromatic carbocycles. The van der Waals surface area contributed by atoms with E-state index < -0.39 is 5.54 Å². The Morgan fingerprint density at radius 3 is 2.52 bits per heavy atom. The lowest BCUT2D eigenvalue weighted by atomic mass is 9.98. The third-order valence-electron chi connectivity index (χ3n) is 4.73. The Morgan fingerprint density at radius 2 is 1.92 bits per heavy atom. The quantitative estimate of drug-likeness (QED) is 0.656. The van der Waals surface area contributed by atoms with Crippen molar-refractivity contribution in [1.82, 2.24) is 20.4 Å². The lowest BCUT2D eigenvalue weighted by Gasteiger charge is -2.20. The molecule has 1 saturated carbocycles. The number of carbonyl (C=O) groups excluding carboxylic acids is 4. The highest BCUT2D eigenvalue weighted by atomic mass is 16.2. The summed E-state index contributed by atoms with van der Waals surface area (Å²) in [6.07, 6.45) is 3.87. The van der Waals surface area contributed by atoms with Gasteiger partial charge in [-0.25, -0.2) is 4.79 Å². The molecule has 2 N–H and O–H groups in total. The number of nitrogens with zero attached hydrogens (tertiary/aromatic N) is 2. The van der Waals surface area contributed by atoms with Crippen LogP contribution in [0, 0.1) is 0 Å². The highest BCUT2D eigenvalue weighted by molar-refractivity contribution is 6.07. The zero-order chi connectivity index (χ0) is 18.6. The van der Waals surface area contributed by atoms with Gasteiger partial charge in [0.1, 0.15) is 5.54 Å². The summed E-state index contributed by atoms with van der Waals surface area (Å²) in [6, 6.07) is -0.331. The van der Waals surface area contributed by atoms with Gasteiger partial charge in [-0.15, -0.1) is 0 Å². The van der Waals surface area contributed by atoms with Crippen LogP contribution in [0.15, 0.2) is 0 Å². The Balaban J connectivity index is 1.76. The van der Waals surface area contributed by atoms with Crippen LogP contribution in [0.25, 0.3) is 0 Å². The summed E-state index contributed by atoms with van der Waals surface area (Å²) in [7, 11) is 1.57. The fourth-order valence-corrected chi connectivity index (χ4v) is 3.45. The van der Waals surface area contributed by atoms with Gasteiger partial charge in [-0.05, 0) is 33.1 Å². The second-order valence-electron chi connectivity index (χ2n) is 7.25. The van der Waals surface area contributed by atoms with Crippen molar-refractivity contribution in [1.29, 1.82) is 0 Å². The first-order valence-electron chi connectivity index (χ1n) is 8.92. The van der Waals surface area contributed by atoms with Crippen molar-refractivity contribution < 1.29 is 19.2 Å². The van der Waals surface area contributed by atoms with E-state index in [1.807, 2.05) is 13.8 Å². The number of rotatable bonds is 7. The first kappa shape index (κ1) is 19.2. The molecule has 2 aliphatic rings. The predicted octanol–water partition coefficient (Wildman–Crippen LogP) is 0.614. The maximum atomic E-state index is 12.5. The molecular formula is C17H28N4O4. The Morgan fingerprint density at radius 1 is 1.28 bits per heavy atom. The minimum atomic E-state index is -0.702. The third kappa shape index (κ3) is 4.49. The molecule has 140 valence electrons. The van der Waals surface area contributed by atoms with E-state index in [-0.39, 0.29) is 49.3 Å². The summed E-state index contributed by atoms with van der Waals surface area (Å²) in [5, 5.41) is 5.55.